The predicted molar refractivity (Wildman–Crippen MR) is 105 cm³/mol. The van der Waals surface area contributed by atoms with Crippen LogP contribution in [-0.2, 0) is 26.2 Å². The van der Waals surface area contributed by atoms with E-state index < -0.39 is 46.1 Å². The van der Waals surface area contributed by atoms with Gasteiger partial charge >= 0.3 is 0 Å². The summed E-state index contributed by atoms with van der Waals surface area (Å²) in [5.74, 6) is -2.46. The minimum absolute atomic E-state index is 0.00488. The van der Waals surface area contributed by atoms with Gasteiger partial charge in [-0.15, -0.1) is 0 Å². The number of hydrogen-bond donors (Lipinski definition) is 1. The van der Waals surface area contributed by atoms with E-state index in [9.17, 15) is 27.2 Å². The predicted octanol–water partition coefficient (Wildman–Crippen LogP) is 1.13. The van der Waals surface area contributed by atoms with Gasteiger partial charge in [-0.25, -0.2) is 17.1 Å². The average molecular weight is 433 g/mol. The zero-order valence-corrected chi connectivity index (χ0v) is 17.1. The number of likely N-dealkylation sites (N-methyl/N-ethyl adjacent to an activating group) is 1. The number of fused-ring (bicyclic) bond motifs is 1. The van der Waals surface area contributed by atoms with Crippen molar-refractivity contribution in [1.82, 2.24) is 14.5 Å². The first kappa shape index (κ1) is 21.4. The van der Waals surface area contributed by atoms with Crippen molar-refractivity contribution in [3.05, 3.63) is 65.5 Å². The lowest BCUT2D eigenvalue weighted by molar-refractivity contribution is -0.140. The molecule has 0 aliphatic carbocycles. The smallest absolute Gasteiger partial charge is 0.269 e. The van der Waals surface area contributed by atoms with Crippen molar-refractivity contribution in [1.29, 1.82) is 0 Å². The van der Waals surface area contributed by atoms with E-state index in [0.717, 1.165) is 4.90 Å². The minimum Gasteiger partial charge on any atom is -0.357 e. The third-order valence-electron chi connectivity index (χ3n) is 4.87. The van der Waals surface area contributed by atoms with Crippen LogP contribution in [0.15, 0.2) is 53.4 Å². The lowest BCUT2D eigenvalue weighted by Crippen LogP contribution is -2.50. The summed E-state index contributed by atoms with van der Waals surface area (Å²) >= 11 is 0. The fourth-order valence-electron chi connectivity index (χ4n) is 3.18. The van der Waals surface area contributed by atoms with Gasteiger partial charge in [0.25, 0.3) is 15.9 Å². The molecule has 0 aromatic heterocycles. The SMILES string of the molecule is CNC(=O)C(C)N(Cc1ccc(F)cc1)C(=O)CN1C(=O)c2ccccc2S1(=O)=O. The maximum absolute atomic E-state index is 13.2. The summed E-state index contributed by atoms with van der Waals surface area (Å²) in [6.07, 6.45) is 0. The Labute approximate surface area is 173 Å². The van der Waals surface area contributed by atoms with Gasteiger partial charge in [-0.2, -0.15) is 0 Å². The molecule has 0 radical (unpaired) electrons. The molecule has 0 bridgehead atoms. The Morgan fingerprint density at radius 1 is 1.13 bits per heavy atom. The Bertz CT molecular complexity index is 1100. The van der Waals surface area contributed by atoms with Crippen LogP contribution in [0.25, 0.3) is 0 Å². The first-order chi connectivity index (χ1) is 14.2. The summed E-state index contributed by atoms with van der Waals surface area (Å²) in [7, 11) is -2.76. The minimum atomic E-state index is -4.17. The van der Waals surface area contributed by atoms with Crippen LogP contribution in [0.3, 0.4) is 0 Å². The molecule has 1 aliphatic rings. The zero-order valence-electron chi connectivity index (χ0n) is 16.3. The second-order valence-corrected chi connectivity index (χ2v) is 8.58. The highest BCUT2D eigenvalue weighted by molar-refractivity contribution is 7.90. The van der Waals surface area contributed by atoms with Crippen LogP contribution < -0.4 is 5.32 Å². The lowest BCUT2D eigenvalue weighted by atomic mass is 10.1. The maximum Gasteiger partial charge on any atom is 0.269 e. The highest BCUT2D eigenvalue weighted by Crippen LogP contribution is 2.30. The van der Waals surface area contributed by atoms with Gasteiger partial charge in [-0.1, -0.05) is 24.3 Å². The van der Waals surface area contributed by atoms with Crippen LogP contribution in [0.5, 0.6) is 0 Å². The summed E-state index contributed by atoms with van der Waals surface area (Å²) < 4.78 is 39.1. The number of carbonyl (C=O) groups is 3. The quantitative estimate of drug-likeness (QED) is 0.736. The van der Waals surface area contributed by atoms with Crippen molar-refractivity contribution in [3.63, 3.8) is 0 Å². The molecule has 0 saturated carbocycles. The molecule has 10 heteroatoms. The molecule has 1 N–H and O–H groups in total. The van der Waals surface area contributed by atoms with Crippen LogP contribution >= 0.6 is 0 Å². The van der Waals surface area contributed by atoms with Crippen molar-refractivity contribution in [2.24, 2.45) is 0 Å². The van der Waals surface area contributed by atoms with Crippen LogP contribution in [0.2, 0.25) is 0 Å². The number of nitrogens with one attached hydrogen (secondary N) is 1. The molecule has 1 unspecified atom stereocenters. The maximum atomic E-state index is 13.2. The normalized spacial score (nSPS) is 15.4. The molecule has 1 heterocycles. The van der Waals surface area contributed by atoms with Crippen molar-refractivity contribution >= 4 is 27.7 Å². The van der Waals surface area contributed by atoms with E-state index in [1.807, 2.05) is 0 Å². The largest absolute Gasteiger partial charge is 0.357 e. The number of halogens is 1. The van der Waals surface area contributed by atoms with Crippen molar-refractivity contribution in [2.45, 2.75) is 24.4 Å². The molecule has 1 atom stereocenters. The molecular weight excluding hydrogens is 413 g/mol. The molecule has 1 aliphatic heterocycles. The summed E-state index contributed by atoms with van der Waals surface area (Å²) in [5, 5.41) is 2.44. The van der Waals surface area contributed by atoms with E-state index in [4.69, 9.17) is 0 Å². The molecule has 0 fully saturated rings. The molecule has 3 amide bonds. The van der Waals surface area contributed by atoms with Gasteiger partial charge in [-0.05, 0) is 36.8 Å². The Kier molecular flexibility index (Phi) is 5.88. The van der Waals surface area contributed by atoms with E-state index in [1.54, 1.807) is 0 Å². The Balaban J connectivity index is 1.89. The summed E-state index contributed by atoms with van der Waals surface area (Å²) in [5.41, 5.74) is 0.536. The van der Waals surface area contributed by atoms with Gasteiger partial charge < -0.3 is 10.2 Å². The second-order valence-electron chi connectivity index (χ2n) is 6.75. The number of amides is 3. The van der Waals surface area contributed by atoms with Crippen LogP contribution in [0.4, 0.5) is 4.39 Å². The molecule has 2 aromatic rings. The number of sulfonamides is 1. The number of benzene rings is 2. The van der Waals surface area contributed by atoms with Crippen LogP contribution in [-0.4, -0.2) is 55.0 Å². The van der Waals surface area contributed by atoms with Gasteiger partial charge in [0.05, 0.1) is 5.56 Å². The van der Waals surface area contributed by atoms with Gasteiger partial charge in [0, 0.05) is 13.6 Å². The van der Waals surface area contributed by atoms with Crippen molar-refractivity contribution < 1.29 is 27.2 Å². The second kappa shape index (κ2) is 8.23. The van der Waals surface area contributed by atoms with Gasteiger partial charge in [0.15, 0.2) is 0 Å². The van der Waals surface area contributed by atoms with Gasteiger partial charge in [0.2, 0.25) is 11.8 Å². The van der Waals surface area contributed by atoms with Gasteiger partial charge in [-0.3, -0.25) is 14.4 Å². The third kappa shape index (κ3) is 3.90. The van der Waals surface area contributed by atoms with E-state index in [1.165, 1.54) is 62.5 Å². The highest BCUT2D eigenvalue weighted by Gasteiger charge is 2.43. The van der Waals surface area contributed by atoms with E-state index in [-0.39, 0.29) is 17.0 Å². The Morgan fingerprint density at radius 3 is 2.37 bits per heavy atom. The lowest BCUT2D eigenvalue weighted by Gasteiger charge is -2.29. The fourth-order valence-corrected chi connectivity index (χ4v) is 4.70. The van der Waals surface area contributed by atoms with Gasteiger partial charge in [0.1, 0.15) is 23.3 Å². The van der Waals surface area contributed by atoms with E-state index in [0.29, 0.717) is 9.87 Å². The summed E-state index contributed by atoms with van der Waals surface area (Å²) in [6, 6.07) is 10.1. The first-order valence-electron chi connectivity index (χ1n) is 9.08. The number of nitrogens with zero attached hydrogens (tertiary/aromatic N) is 2. The number of carbonyl (C=O) groups excluding carboxylic acids is 3. The number of hydrogen-bond acceptors (Lipinski definition) is 5. The zero-order chi connectivity index (χ0) is 22.1. The third-order valence-corrected chi connectivity index (χ3v) is 6.66. The topological polar surface area (TPSA) is 104 Å². The van der Waals surface area contributed by atoms with Crippen LogP contribution in [0.1, 0.15) is 22.8 Å². The Hall–Kier alpha value is -3.27. The highest BCUT2D eigenvalue weighted by atomic mass is 32.2. The molecule has 3 rings (SSSR count). The van der Waals surface area contributed by atoms with Crippen molar-refractivity contribution in [3.8, 4) is 0 Å². The number of rotatable bonds is 6. The molecule has 30 heavy (non-hydrogen) atoms. The molecular formula is C20H20FN3O5S. The Morgan fingerprint density at radius 2 is 1.77 bits per heavy atom. The summed E-state index contributed by atoms with van der Waals surface area (Å²) in [6.45, 7) is 0.663. The van der Waals surface area contributed by atoms with Crippen molar-refractivity contribution in [2.75, 3.05) is 13.6 Å². The first-order valence-corrected chi connectivity index (χ1v) is 10.5. The monoisotopic (exact) mass is 433 g/mol. The van der Waals surface area contributed by atoms with E-state index >= 15 is 0 Å². The summed E-state index contributed by atoms with van der Waals surface area (Å²) in [4.78, 5) is 38.7. The standard InChI is InChI=1S/C20H20FN3O5S/c1-13(19(26)22-2)23(11-14-7-9-15(21)10-8-14)18(25)12-24-20(27)16-5-3-4-6-17(16)30(24,28)29/h3-10,13H,11-12H2,1-2H3,(H,22,26). The molecule has 2 aromatic carbocycles. The molecule has 0 saturated heterocycles. The van der Waals surface area contributed by atoms with E-state index in [2.05, 4.69) is 5.32 Å². The molecule has 158 valence electrons. The molecule has 8 nitrogen and oxygen atoms in total. The fraction of sp³-hybridized carbons (Fsp3) is 0.250. The van der Waals surface area contributed by atoms with Crippen LogP contribution in [0, 0.1) is 5.82 Å². The average Bonchev–Trinajstić information content (AvgIpc) is 2.93. The molecule has 0 spiro atoms.